The van der Waals surface area contributed by atoms with E-state index in [0.717, 1.165) is 34.5 Å². The summed E-state index contributed by atoms with van der Waals surface area (Å²) >= 11 is 1.49. The van der Waals surface area contributed by atoms with Crippen molar-refractivity contribution in [3.05, 3.63) is 46.5 Å². The average molecular weight is 398 g/mol. The van der Waals surface area contributed by atoms with E-state index in [2.05, 4.69) is 4.98 Å². The van der Waals surface area contributed by atoms with Crippen LogP contribution in [0, 0.1) is 6.92 Å². The standard InChI is InChI=1S/C20H22N4O3S/c1-13-22-16(12-28-13)20(26)23-8-5-14(6-9-23)27-18-4-2-3-17-15(18)7-10-24(17)11-19(21)25/h2-4,7,10,12,14H,5-6,8-9,11H2,1H3,(H2,21,25). The SMILES string of the molecule is Cc1nc(C(=O)N2CCC(Oc3cccc4c3ccn4CC(N)=O)CC2)cs1. The molecule has 2 N–H and O–H groups in total. The minimum Gasteiger partial charge on any atom is -0.490 e. The number of thiazole rings is 1. The van der Waals surface area contributed by atoms with Crippen LogP contribution in [-0.2, 0) is 11.3 Å². The molecule has 28 heavy (non-hydrogen) atoms. The third-order valence-electron chi connectivity index (χ3n) is 4.96. The monoisotopic (exact) mass is 398 g/mol. The van der Waals surface area contributed by atoms with Crippen LogP contribution in [0.3, 0.4) is 0 Å². The van der Waals surface area contributed by atoms with Crippen molar-refractivity contribution in [2.24, 2.45) is 5.73 Å². The first-order valence-corrected chi connectivity index (χ1v) is 10.1. The molecule has 0 unspecified atom stereocenters. The van der Waals surface area contributed by atoms with E-state index >= 15 is 0 Å². The summed E-state index contributed by atoms with van der Waals surface area (Å²) in [5, 5.41) is 3.68. The highest BCUT2D eigenvalue weighted by Gasteiger charge is 2.26. The van der Waals surface area contributed by atoms with Crippen LogP contribution < -0.4 is 10.5 Å². The molecule has 0 saturated carbocycles. The Morgan fingerprint density at radius 3 is 2.75 bits per heavy atom. The van der Waals surface area contributed by atoms with Crippen LogP contribution in [0.1, 0.15) is 28.3 Å². The van der Waals surface area contributed by atoms with Crippen molar-refractivity contribution in [2.75, 3.05) is 13.1 Å². The quantitative estimate of drug-likeness (QED) is 0.715. The topological polar surface area (TPSA) is 90.5 Å². The van der Waals surface area contributed by atoms with Gasteiger partial charge in [0.1, 0.15) is 24.1 Å². The number of nitrogens with zero attached hydrogens (tertiary/aromatic N) is 3. The summed E-state index contributed by atoms with van der Waals surface area (Å²) in [5.41, 5.74) is 6.77. The third-order valence-corrected chi connectivity index (χ3v) is 5.73. The zero-order chi connectivity index (χ0) is 19.7. The highest BCUT2D eigenvalue weighted by Crippen LogP contribution is 2.29. The maximum atomic E-state index is 12.5. The van der Waals surface area contributed by atoms with Crippen LogP contribution in [0.25, 0.3) is 10.9 Å². The zero-order valence-corrected chi connectivity index (χ0v) is 16.4. The number of piperidine rings is 1. The fraction of sp³-hybridized carbons (Fsp3) is 0.350. The van der Waals surface area contributed by atoms with Crippen LogP contribution in [0.5, 0.6) is 5.75 Å². The lowest BCUT2D eigenvalue weighted by molar-refractivity contribution is -0.118. The number of primary amides is 1. The van der Waals surface area contributed by atoms with Crippen molar-refractivity contribution < 1.29 is 14.3 Å². The lowest BCUT2D eigenvalue weighted by Gasteiger charge is -2.32. The Morgan fingerprint density at radius 2 is 2.07 bits per heavy atom. The van der Waals surface area contributed by atoms with Gasteiger partial charge in [0.05, 0.1) is 10.5 Å². The van der Waals surface area contributed by atoms with Crippen molar-refractivity contribution in [1.82, 2.24) is 14.5 Å². The van der Waals surface area contributed by atoms with Crippen LogP contribution in [0.4, 0.5) is 0 Å². The Balaban J connectivity index is 1.42. The first kappa shape index (κ1) is 18.5. The molecule has 1 aliphatic rings. The second-order valence-corrected chi connectivity index (χ2v) is 8.02. The lowest BCUT2D eigenvalue weighted by atomic mass is 10.1. The molecule has 3 aromatic rings. The first-order valence-electron chi connectivity index (χ1n) is 9.25. The number of hydrogen-bond donors (Lipinski definition) is 1. The van der Waals surface area contributed by atoms with Gasteiger partial charge in [0.25, 0.3) is 5.91 Å². The number of aryl methyl sites for hydroxylation is 1. The third kappa shape index (κ3) is 3.73. The summed E-state index contributed by atoms with van der Waals surface area (Å²) in [5.74, 6) is 0.408. The van der Waals surface area contributed by atoms with Gasteiger partial charge in [0, 0.05) is 42.9 Å². The molecule has 2 aromatic heterocycles. The molecular formula is C20H22N4O3S. The smallest absolute Gasteiger partial charge is 0.273 e. The Kier molecular flexibility index (Phi) is 5.04. The van der Waals surface area contributed by atoms with E-state index in [0.29, 0.717) is 18.8 Å². The van der Waals surface area contributed by atoms with Gasteiger partial charge in [-0.05, 0) is 25.1 Å². The molecule has 0 aliphatic carbocycles. The molecule has 1 saturated heterocycles. The van der Waals surface area contributed by atoms with Crippen LogP contribution in [0.2, 0.25) is 0 Å². The van der Waals surface area contributed by atoms with Crippen LogP contribution in [0.15, 0.2) is 35.8 Å². The lowest BCUT2D eigenvalue weighted by Crippen LogP contribution is -2.41. The van der Waals surface area contributed by atoms with Crippen molar-refractivity contribution >= 4 is 34.1 Å². The van der Waals surface area contributed by atoms with Crippen LogP contribution >= 0.6 is 11.3 Å². The second-order valence-electron chi connectivity index (χ2n) is 6.96. The Labute approximate surface area is 166 Å². The largest absolute Gasteiger partial charge is 0.490 e. The van der Waals surface area contributed by atoms with E-state index in [4.69, 9.17) is 10.5 Å². The number of carbonyl (C=O) groups is 2. The molecule has 4 rings (SSSR count). The van der Waals surface area contributed by atoms with Gasteiger partial charge in [-0.25, -0.2) is 4.98 Å². The van der Waals surface area contributed by atoms with E-state index in [9.17, 15) is 9.59 Å². The van der Waals surface area contributed by atoms with Gasteiger partial charge in [0.2, 0.25) is 5.91 Å². The molecule has 2 amide bonds. The van der Waals surface area contributed by atoms with Gasteiger partial charge < -0.3 is 19.9 Å². The minimum absolute atomic E-state index is 0.00608. The molecule has 0 atom stereocenters. The normalized spacial score (nSPS) is 15.1. The average Bonchev–Trinajstić information content (AvgIpc) is 3.29. The number of hydrogen-bond acceptors (Lipinski definition) is 5. The summed E-state index contributed by atoms with van der Waals surface area (Å²) < 4.78 is 8.06. The Hall–Kier alpha value is -2.87. The van der Waals surface area contributed by atoms with Crippen molar-refractivity contribution in [3.8, 4) is 5.75 Å². The minimum atomic E-state index is -0.379. The van der Waals surface area contributed by atoms with Gasteiger partial charge in [-0.2, -0.15) is 0 Å². The molecule has 3 heterocycles. The molecule has 146 valence electrons. The van der Waals surface area contributed by atoms with E-state index in [1.165, 1.54) is 11.3 Å². The fourth-order valence-corrected chi connectivity index (χ4v) is 4.17. The number of amides is 2. The molecule has 1 aromatic carbocycles. The number of likely N-dealkylation sites (tertiary alicyclic amines) is 1. The van der Waals surface area contributed by atoms with Crippen molar-refractivity contribution in [2.45, 2.75) is 32.4 Å². The van der Waals surface area contributed by atoms with Crippen molar-refractivity contribution in [1.29, 1.82) is 0 Å². The number of benzene rings is 1. The van der Waals surface area contributed by atoms with E-state index in [1.54, 1.807) is 0 Å². The van der Waals surface area contributed by atoms with Gasteiger partial charge >= 0.3 is 0 Å². The van der Waals surface area contributed by atoms with Gasteiger partial charge in [-0.1, -0.05) is 6.07 Å². The van der Waals surface area contributed by atoms with E-state index < -0.39 is 0 Å². The molecule has 7 nitrogen and oxygen atoms in total. The maximum absolute atomic E-state index is 12.5. The van der Waals surface area contributed by atoms with Gasteiger partial charge in [-0.3, -0.25) is 9.59 Å². The fourth-order valence-electron chi connectivity index (χ4n) is 3.58. The molecular weight excluding hydrogens is 376 g/mol. The molecule has 0 radical (unpaired) electrons. The predicted octanol–water partition coefficient (Wildman–Crippen LogP) is 2.58. The number of ether oxygens (including phenoxy) is 1. The van der Waals surface area contributed by atoms with Crippen molar-refractivity contribution in [3.63, 3.8) is 0 Å². The number of fused-ring (bicyclic) bond motifs is 1. The maximum Gasteiger partial charge on any atom is 0.273 e. The van der Waals surface area contributed by atoms with Gasteiger partial charge in [0.15, 0.2) is 0 Å². The second kappa shape index (κ2) is 7.63. The zero-order valence-electron chi connectivity index (χ0n) is 15.6. The molecule has 1 fully saturated rings. The summed E-state index contributed by atoms with van der Waals surface area (Å²) in [7, 11) is 0. The summed E-state index contributed by atoms with van der Waals surface area (Å²) in [6.45, 7) is 3.35. The molecule has 0 spiro atoms. The van der Waals surface area contributed by atoms with Gasteiger partial charge in [-0.15, -0.1) is 11.3 Å². The molecule has 0 bridgehead atoms. The molecule has 1 aliphatic heterocycles. The molecule has 8 heteroatoms. The first-order chi connectivity index (χ1) is 13.5. The van der Waals surface area contributed by atoms with E-state index in [-0.39, 0.29) is 24.5 Å². The number of nitrogens with two attached hydrogens (primary N) is 1. The summed E-state index contributed by atoms with van der Waals surface area (Å²) in [4.78, 5) is 29.9. The Bertz CT molecular complexity index is 1020. The highest BCUT2D eigenvalue weighted by atomic mass is 32.1. The summed E-state index contributed by atoms with van der Waals surface area (Å²) in [6, 6.07) is 7.74. The number of aromatic nitrogens is 2. The summed E-state index contributed by atoms with van der Waals surface area (Å²) in [6.07, 6.45) is 3.44. The number of carbonyl (C=O) groups excluding carboxylic acids is 2. The Morgan fingerprint density at radius 1 is 1.29 bits per heavy atom. The predicted molar refractivity (Wildman–Crippen MR) is 108 cm³/mol. The highest BCUT2D eigenvalue weighted by molar-refractivity contribution is 7.09. The number of rotatable bonds is 5. The van der Waals surface area contributed by atoms with E-state index in [1.807, 2.05) is 52.2 Å². The van der Waals surface area contributed by atoms with Crippen LogP contribution in [-0.4, -0.2) is 45.5 Å².